The van der Waals surface area contributed by atoms with Gasteiger partial charge in [-0.1, -0.05) is 22.9 Å². The quantitative estimate of drug-likeness (QED) is 0.802. The van der Waals surface area contributed by atoms with Crippen LogP contribution >= 0.6 is 31.9 Å². The van der Waals surface area contributed by atoms with Crippen molar-refractivity contribution in [3.05, 3.63) is 33.3 Å². The van der Waals surface area contributed by atoms with Gasteiger partial charge in [-0.15, -0.1) is 0 Å². The Hall–Kier alpha value is -1.14. The highest BCUT2D eigenvalue weighted by atomic mass is 79.9. The SMILES string of the molecule is CCCNc1nc(-c2cc(OC)ccc2Br)ncc1Br. The van der Waals surface area contributed by atoms with Crippen molar-refractivity contribution in [3.63, 3.8) is 0 Å². The summed E-state index contributed by atoms with van der Waals surface area (Å²) in [4.78, 5) is 8.93. The Morgan fingerprint density at radius 1 is 1.25 bits per heavy atom. The number of aromatic nitrogens is 2. The molecule has 0 aliphatic carbocycles. The first-order chi connectivity index (χ1) is 9.65. The zero-order valence-corrected chi connectivity index (χ0v) is 14.5. The third-order valence-corrected chi connectivity index (χ3v) is 3.97. The molecule has 1 aromatic carbocycles. The summed E-state index contributed by atoms with van der Waals surface area (Å²) in [5.74, 6) is 2.22. The van der Waals surface area contributed by atoms with Gasteiger partial charge in [-0.05, 0) is 40.5 Å². The zero-order chi connectivity index (χ0) is 14.5. The van der Waals surface area contributed by atoms with Crippen molar-refractivity contribution in [1.82, 2.24) is 9.97 Å². The molecular formula is C14H15Br2N3O. The number of nitrogens with zero attached hydrogens (tertiary/aromatic N) is 2. The lowest BCUT2D eigenvalue weighted by atomic mass is 10.2. The first-order valence-electron chi connectivity index (χ1n) is 6.26. The summed E-state index contributed by atoms with van der Waals surface area (Å²) >= 11 is 6.98. The normalized spacial score (nSPS) is 10.4. The van der Waals surface area contributed by atoms with Gasteiger partial charge in [0, 0.05) is 22.8 Å². The Kier molecular flexibility index (Phi) is 5.37. The van der Waals surface area contributed by atoms with Gasteiger partial charge in [-0.2, -0.15) is 0 Å². The summed E-state index contributed by atoms with van der Waals surface area (Å²) in [6, 6.07) is 5.73. The number of rotatable bonds is 5. The summed E-state index contributed by atoms with van der Waals surface area (Å²) in [6.45, 7) is 2.98. The van der Waals surface area contributed by atoms with E-state index in [2.05, 4.69) is 54.1 Å². The fraction of sp³-hybridized carbons (Fsp3) is 0.286. The van der Waals surface area contributed by atoms with Gasteiger partial charge in [0.1, 0.15) is 11.6 Å². The van der Waals surface area contributed by atoms with E-state index in [1.165, 1.54) is 0 Å². The first-order valence-corrected chi connectivity index (χ1v) is 7.84. The molecule has 1 aromatic heterocycles. The minimum atomic E-state index is 0.651. The largest absolute Gasteiger partial charge is 0.497 e. The molecular weight excluding hydrogens is 386 g/mol. The van der Waals surface area contributed by atoms with Gasteiger partial charge in [-0.25, -0.2) is 9.97 Å². The fourth-order valence-corrected chi connectivity index (χ4v) is 2.42. The summed E-state index contributed by atoms with van der Waals surface area (Å²) in [6.07, 6.45) is 2.79. The lowest BCUT2D eigenvalue weighted by Gasteiger charge is -2.10. The second-order valence-electron chi connectivity index (χ2n) is 4.16. The molecule has 0 radical (unpaired) electrons. The maximum absolute atomic E-state index is 5.25. The van der Waals surface area contributed by atoms with Crippen LogP contribution in [0.4, 0.5) is 5.82 Å². The van der Waals surface area contributed by atoms with Gasteiger partial charge in [-0.3, -0.25) is 0 Å². The molecule has 1 N–H and O–H groups in total. The van der Waals surface area contributed by atoms with Gasteiger partial charge in [0.05, 0.1) is 11.6 Å². The predicted octanol–water partition coefficient (Wildman–Crippen LogP) is 4.50. The number of nitrogens with one attached hydrogen (secondary N) is 1. The van der Waals surface area contributed by atoms with Gasteiger partial charge in [0.15, 0.2) is 5.82 Å². The van der Waals surface area contributed by atoms with E-state index in [-0.39, 0.29) is 0 Å². The molecule has 106 valence electrons. The molecule has 1 heterocycles. The molecule has 0 atom stereocenters. The van der Waals surface area contributed by atoms with Crippen molar-refractivity contribution in [3.8, 4) is 17.1 Å². The Morgan fingerprint density at radius 2 is 2.05 bits per heavy atom. The summed E-state index contributed by atoms with van der Waals surface area (Å²) in [7, 11) is 1.64. The number of methoxy groups -OCH3 is 1. The summed E-state index contributed by atoms with van der Waals surface area (Å²) in [5, 5.41) is 3.28. The van der Waals surface area contributed by atoms with Gasteiger partial charge >= 0.3 is 0 Å². The monoisotopic (exact) mass is 399 g/mol. The third kappa shape index (κ3) is 3.49. The van der Waals surface area contributed by atoms with Gasteiger partial charge in [0.25, 0.3) is 0 Å². The van der Waals surface area contributed by atoms with Crippen LogP contribution in [0.1, 0.15) is 13.3 Å². The van der Waals surface area contributed by atoms with Crippen molar-refractivity contribution < 1.29 is 4.74 Å². The molecule has 0 aliphatic rings. The minimum Gasteiger partial charge on any atom is -0.497 e. The molecule has 2 aromatic rings. The first kappa shape index (κ1) is 15.3. The number of halogens is 2. The van der Waals surface area contributed by atoms with Crippen LogP contribution in [-0.4, -0.2) is 23.6 Å². The molecule has 0 unspecified atom stereocenters. The molecule has 0 fully saturated rings. The van der Waals surface area contributed by atoms with Crippen LogP contribution in [0, 0.1) is 0 Å². The molecule has 6 heteroatoms. The van der Waals surface area contributed by atoms with Crippen LogP contribution in [0.3, 0.4) is 0 Å². The smallest absolute Gasteiger partial charge is 0.162 e. The molecule has 4 nitrogen and oxygen atoms in total. The van der Waals surface area contributed by atoms with Crippen LogP contribution in [0.5, 0.6) is 5.75 Å². The van der Waals surface area contributed by atoms with Crippen molar-refractivity contribution in [1.29, 1.82) is 0 Å². The number of hydrogen-bond donors (Lipinski definition) is 1. The predicted molar refractivity (Wildman–Crippen MR) is 88.2 cm³/mol. The number of anilines is 1. The standard InChI is InChI=1S/C14H15Br2N3O/c1-3-6-17-14-12(16)8-18-13(19-14)10-7-9(20-2)4-5-11(10)15/h4-5,7-8H,3,6H2,1-2H3,(H,17,18,19). The highest BCUT2D eigenvalue weighted by molar-refractivity contribution is 9.11. The van der Waals surface area contributed by atoms with E-state index in [0.29, 0.717) is 5.82 Å². The van der Waals surface area contributed by atoms with Crippen LogP contribution in [-0.2, 0) is 0 Å². The Balaban J connectivity index is 2.42. The number of hydrogen-bond acceptors (Lipinski definition) is 4. The lowest BCUT2D eigenvalue weighted by molar-refractivity contribution is 0.415. The van der Waals surface area contributed by atoms with E-state index in [1.807, 2.05) is 18.2 Å². The summed E-state index contributed by atoms with van der Waals surface area (Å²) < 4.78 is 7.04. The van der Waals surface area contributed by atoms with E-state index < -0.39 is 0 Å². The Labute approximate surface area is 135 Å². The molecule has 0 amide bonds. The van der Waals surface area contributed by atoms with Crippen LogP contribution in [0.25, 0.3) is 11.4 Å². The third-order valence-electron chi connectivity index (χ3n) is 2.70. The van der Waals surface area contributed by atoms with Crippen molar-refractivity contribution >= 4 is 37.7 Å². The number of ether oxygens (including phenoxy) is 1. The molecule has 0 spiro atoms. The second kappa shape index (κ2) is 7.04. The topological polar surface area (TPSA) is 47.0 Å². The van der Waals surface area contributed by atoms with E-state index in [4.69, 9.17) is 4.74 Å². The average molecular weight is 401 g/mol. The zero-order valence-electron chi connectivity index (χ0n) is 11.3. The molecule has 0 saturated carbocycles. The van der Waals surface area contributed by atoms with Crippen molar-refractivity contribution in [2.45, 2.75) is 13.3 Å². The van der Waals surface area contributed by atoms with E-state index >= 15 is 0 Å². The average Bonchev–Trinajstić information content (AvgIpc) is 2.47. The van der Waals surface area contributed by atoms with Crippen molar-refractivity contribution in [2.24, 2.45) is 0 Å². The maximum Gasteiger partial charge on any atom is 0.162 e. The lowest BCUT2D eigenvalue weighted by Crippen LogP contribution is -2.04. The molecule has 20 heavy (non-hydrogen) atoms. The molecule has 0 saturated heterocycles. The van der Waals surface area contributed by atoms with Gasteiger partial charge in [0.2, 0.25) is 0 Å². The van der Waals surface area contributed by atoms with Crippen molar-refractivity contribution in [2.75, 3.05) is 19.0 Å². The maximum atomic E-state index is 5.25. The minimum absolute atomic E-state index is 0.651. The van der Waals surface area contributed by atoms with Crippen LogP contribution in [0.15, 0.2) is 33.3 Å². The van der Waals surface area contributed by atoms with Crippen LogP contribution < -0.4 is 10.1 Å². The Bertz CT molecular complexity index is 605. The molecule has 0 aliphatic heterocycles. The number of benzene rings is 1. The molecule has 0 bridgehead atoms. The van der Waals surface area contributed by atoms with E-state index in [1.54, 1.807) is 13.3 Å². The molecule has 2 rings (SSSR count). The van der Waals surface area contributed by atoms with Gasteiger partial charge < -0.3 is 10.1 Å². The highest BCUT2D eigenvalue weighted by Crippen LogP contribution is 2.31. The van der Waals surface area contributed by atoms with Crippen LogP contribution in [0.2, 0.25) is 0 Å². The summed E-state index contributed by atoms with van der Waals surface area (Å²) in [5.41, 5.74) is 0.899. The highest BCUT2D eigenvalue weighted by Gasteiger charge is 2.11. The fourth-order valence-electron chi connectivity index (χ4n) is 1.67. The van der Waals surface area contributed by atoms with E-state index in [0.717, 1.165) is 39.0 Å². The second-order valence-corrected chi connectivity index (χ2v) is 5.87. The van der Waals surface area contributed by atoms with E-state index in [9.17, 15) is 0 Å². The Morgan fingerprint density at radius 3 is 2.75 bits per heavy atom.